The highest BCUT2D eigenvalue weighted by molar-refractivity contribution is 7.99. The molecule has 0 spiro atoms. The number of aromatic nitrogens is 3. The molecule has 0 fully saturated rings. The van der Waals surface area contributed by atoms with Crippen LogP contribution in [0.15, 0.2) is 41.6 Å². The number of halogens is 1. The first kappa shape index (κ1) is 25.8. The van der Waals surface area contributed by atoms with Gasteiger partial charge in [0.2, 0.25) is 12.7 Å². The van der Waals surface area contributed by atoms with E-state index >= 15 is 0 Å². The minimum Gasteiger partial charge on any atom is -0.454 e. The molecule has 1 atom stereocenters. The van der Waals surface area contributed by atoms with Crippen LogP contribution >= 0.6 is 23.4 Å². The van der Waals surface area contributed by atoms with Crippen molar-refractivity contribution in [1.29, 1.82) is 0 Å². The number of rotatable bonds is 9. The van der Waals surface area contributed by atoms with Crippen LogP contribution in [0.25, 0.3) is 0 Å². The Morgan fingerprint density at radius 1 is 1.14 bits per heavy atom. The van der Waals surface area contributed by atoms with Gasteiger partial charge in [0.25, 0.3) is 5.91 Å². The molecule has 2 heterocycles. The van der Waals surface area contributed by atoms with Gasteiger partial charge in [0, 0.05) is 22.8 Å². The highest BCUT2D eigenvalue weighted by Gasteiger charge is 2.27. The van der Waals surface area contributed by atoms with Gasteiger partial charge in [0.05, 0.1) is 11.8 Å². The minimum absolute atomic E-state index is 0.0462. The van der Waals surface area contributed by atoms with Gasteiger partial charge in [-0.15, -0.1) is 10.2 Å². The molecule has 2 amide bonds. The van der Waals surface area contributed by atoms with Crippen molar-refractivity contribution in [2.45, 2.75) is 45.4 Å². The van der Waals surface area contributed by atoms with Crippen molar-refractivity contribution in [2.75, 3.05) is 17.9 Å². The van der Waals surface area contributed by atoms with Gasteiger partial charge < -0.3 is 24.7 Å². The van der Waals surface area contributed by atoms with Crippen LogP contribution < -0.4 is 20.1 Å². The zero-order valence-corrected chi connectivity index (χ0v) is 22.1. The van der Waals surface area contributed by atoms with Gasteiger partial charge in [-0.2, -0.15) is 0 Å². The second-order valence-corrected chi connectivity index (χ2v) is 10.00. The van der Waals surface area contributed by atoms with Crippen molar-refractivity contribution in [3.05, 3.63) is 58.4 Å². The molecule has 2 aromatic carbocycles. The third-order valence-electron chi connectivity index (χ3n) is 5.72. The van der Waals surface area contributed by atoms with Crippen LogP contribution in [0.1, 0.15) is 48.6 Å². The van der Waals surface area contributed by atoms with Crippen LogP contribution in [-0.2, 0) is 11.3 Å². The average molecular weight is 530 g/mol. The summed E-state index contributed by atoms with van der Waals surface area (Å²) in [6.45, 7) is 8.62. The number of benzene rings is 2. The second kappa shape index (κ2) is 11.2. The topological polar surface area (TPSA) is 107 Å². The van der Waals surface area contributed by atoms with Crippen molar-refractivity contribution in [3.8, 4) is 11.5 Å². The van der Waals surface area contributed by atoms with Crippen LogP contribution in [0.5, 0.6) is 11.5 Å². The van der Waals surface area contributed by atoms with E-state index in [2.05, 4.69) is 20.8 Å². The lowest BCUT2D eigenvalue weighted by atomic mass is 10.0. The molecule has 11 heteroatoms. The minimum atomic E-state index is -0.381. The fourth-order valence-corrected chi connectivity index (χ4v) is 4.71. The average Bonchev–Trinajstić information content (AvgIpc) is 3.49. The number of ether oxygens (including phenoxy) is 2. The predicted molar refractivity (Wildman–Crippen MR) is 139 cm³/mol. The first-order valence-electron chi connectivity index (χ1n) is 11.6. The number of anilines is 1. The van der Waals surface area contributed by atoms with Crippen LogP contribution in [0, 0.1) is 12.8 Å². The summed E-state index contributed by atoms with van der Waals surface area (Å²) in [5, 5.41) is 15.8. The van der Waals surface area contributed by atoms with Gasteiger partial charge in [-0.3, -0.25) is 9.59 Å². The highest BCUT2D eigenvalue weighted by Crippen LogP contribution is 2.33. The SMILES string of the molecule is CCn1c(SCC(=O)Nc2ccc(C)c(Cl)c2)nnc1C(NC(=O)c1ccc2c(c1)OCO2)C(C)C. The lowest BCUT2D eigenvalue weighted by molar-refractivity contribution is -0.113. The van der Waals surface area contributed by atoms with E-state index in [-0.39, 0.29) is 36.3 Å². The van der Waals surface area contributed by atoms with E-state index < -0.39 is 0 Å². The smallest absolute Gasteiger partial charge is 0.252 e. The van der Waals surface area contributed by atoms with Crippen LogP contribution in [-0.4, -0.2) is 39.1 Å². The number of hydrogen-bond acceptors (Lipinski definition) is 7. The fraction of sp³-hybridized carbons (Fsp3) is 0.360. The summed E-state index contributed by atoms with van der Waals surface area (Å²) in [6.07, 6.45) is 0. The number of hydrogen-bond donors (Lipinski definition) is 2. The van der Waals surface area contributed by atoms with Gasteiger partial charge in [-0.05, 0) is 55.7 Å². The summed E-state index contributed by atoms with van der Waals surface area (Å²) < 4.78 is 12.6. The number of nitrogens with one attached hydrogen (secondary N) is 2. The number of amides is 2. The zero-order valence-electron chi connectivity index (χ0n) is 20.5. The number of carbonyl (C=O) groups excluding carboxylic acids is 2. The molecule has 9 nitrogen and oxygen atoms in total. The van der Waals surface area contributed by atoms with E-state index in [1.165, 1.54) is 11.8 Å². The van der Waals surface area contributed by atoms with Crippen molar-refractivity contribution in [3.63, 3.8) is 0 Å². The van der Waals surface area contributed by atoms with Crippen molar-refractivity contribution in [2.24, 2.45) is 5.92 Å². The highest BCUT2D eigenvalue weighted by atomic mass is 35.5. The Morgan fingerprint density at radius 3 is 2.64 bits per heavy atom. The molecule has 1 aliphatic heterocycles. The lowest BCUT2D eigenvalue weighted by Crippen LogP contribution is -2.33. The van der Waals surface area contributed by atoms with Crippen LogP contribution in [0.4, 0.5) is 5.69 Å². The molecule has 0 saturated heterocycles. The van der Waals surface area contributed by atoms with Crippen LogP contribution in [0.2, 0.25) is 5.02 Å². The number of fused-ring (bicyclic) bond motifs is 1. The first-order valence-corrected chi connectivity index (χ1v) is 13.0. The maximum Gasteiger partial charge on any atom is 0.252 e. The molecule has 1 unspecified atom stereocenters. The molecular weight excluding hydrogens is 502 g/mol. The lowest BCUT2D eigenvalue weighted by Gasteiger charge is -2.22. The van der Waals surface area contributed by atoms with Gasteiger partial charge in [-0.25, -0.2) is 0 Å². The normalized spacial score (nSPS) is 13.1. The van der Waals surface area contributed by atoms with Gasteiger partial charge in [-0.1, -0.05) is 43.3 Å². The number of nitrogens with zero attached hydrogens (tertiary/aromatic N) is 3. The van der Waals surface area contributed by atoms with E-state index in [4.69, 9.17) is 21.1 Å². The molecule has 190 valence electrons. The van der Waals surface area contributed by atoms with Crippen molar-refractivity contribution in [1.82, 2.24) is 20.1 Å². The molecule has 1 aromatic heterocycles. The van der Waals surface area contributed by atoms with E-state index in [1.807, 2.05) is 44.4 Å². The molecule has 0 aliphatic carbocycles. The van der Waals surface area contributed by atoms with Crippen molar-refractivity contribution >= 4 is 40.9 Å². The van der Waals surface area contributed by atoms with Crippen molar-refractivity contribution < 1.29 is 19.1 Å². The summed E-state index contributed by atoms with van der Waals surface area (Å²) in [5.41, 5.74) is 2.05. The Kier molecular flexibility index (Phi) is 8.05. The van der Waals surface area contributed by atoms with Gasteiger partial charge in [0.1, 0.15) is 0 Å². The molecule has 36 heavy (non-hydrogen) atoms. The molecular formula is C25H28ClN5O4S. The summed E-state index contributed by atoms with van der Waals surface area (Å²) in [4.78, 5) is 25.5. The Bertz CT molecular complexity index is 1280. The van der Waals surface area contributed by atoms with Crippen LogP contribution in [0.3, 0.4) is 0 Å². The molecule has 2 N–H and O–H groups in total. The monoisotopic (exact) mass is 529 g/mol. The Hall–Kier alpha value is -3.24. The van der Waals surface area contributed by atoms with E-state index in [0.717, 1.165) is 5.56 Å². The quantitative estimate of drug-likeness (QED) is 0.382. The zero-order chi connectivity index (χ0) is 25.8. The molecule has 3 aromatic rings. The largest absolute Gasteiger partial charge is 0.454 e. The Morgan fingerprint density at radius 2 is 1.92 bits per heavy atom. The number of thioether (sulfide) groups is 1. The summed E-state index contributed by atoms with van der Waals surface area (Å²) in [7, 11) is 0. The van der Waals surface area contributed by atoms with E-state index in [1.54, 1.807) is 24.3 Å². The number of aryl methyl sites for hydroxylation is 1. The van der Waals surface area contributed by atoms with E-state index in [0.29, 0.717) is 45.3 Å². The molecule has 1 aliphatic rings. The number of carbonyl (C=O) groups is 2. The molecule has 0 bridgehead atoms. The standard InChI is InChI=1S/C25H28ClN5O4S/c1-5-31-23(22(14(2)3)28-24(33)16-7-9-19-20(10-16)35-13-34-19)29-30-25(31)36-12-21(32)27-17-8-6-15(4)18(26)11-17/h6-11,14,22H,5,12-13H2,1-4H3,(H,27,32)(H,28,33). The summed E-state index contributed by atoms with van der Waals surface area (Å²) in [6, 6.07) is 10.1. The summed E-state index contributed by atoms with van der Waals surface area (Å²) in [5.74, 6) is 1.57. The molecule has 0 radical (unpaired) electrons. The fourth-order valence-electron chi connectivity index (χ4n) is 3.72. The second-order valence-electron chi connectivity index (χ2n) is 8.65. The molecule has 4 rings (SSSR count). The van der Waals surface area contributed by atoms with Gasteiger partial charge >= 0.3 is 0 Å². The Balaban J connectivity index is 1.44. The summed E-state index contributed by atoms with van der Waals surface area (Å²) >= 11 is 7.43. The maximum absolute atomic E-state index is 13.0. The maximum atomic E-state index is 13.0. The Labute approximate surface area is 218 Å². The molecule has 0 saturated carbocycles. The third kappa shape index (κ3) is 5.76. The third-order valence-corrected chi connectivity index (χ3v) is 7.09. The predicted octanol–water partition coefficient (Wildman–Crippen LogP) is 4.85. The van der Waals surface area contributed by atoms with E-state index in [9.17, 15) is 9.59 Å². The van der Waals surface area contributed by atoms with Gasteiger partial charge in [0.15, 0.2) is 22.5 Å². The first-order chi connectivity index (χ1) is 17.3.